The molecule has 0 saturated carbocycles. The molecule has 6 heteroatoms. The SMILES string of the molecule is O=C(O)COc1ccc(/C=N/O)cc1Br. The largest absolute Gasteiger partial charge is 0.481 e. The quantitative estimate of drug-likeness (QED) is 0.497. The standard InChI is InChI=1S/C9H8BrNO4/c10-7-3-6(4-11-14)1-2-8(7)15-5-9(12)13/h1-4,14H,5H2,(H,12,13)/b11-4+. The lowest BCUT2D eigenvalue weighted by molar-refractivity contribution is -0.139. The summed E-state index contributed by atoms with van der Waals surface area (Å²) in [6.45, 7) is -0.397. The summed E-state index contributed by atoms with van der Waals surface area (Å²) in [6, 6.07) is 4.88. The maximum absolute atomic E-state index is 10.3. The third kappa shape index (κ3) is 3.59. The van der Waals surface area contributed by atoms with Crippen LogP contribution in [0.4, 0.5) is 0 Å². The van der Waals surface area contributed by atoms with Gasteiger partial charge in [-0.25, -0.2) is 4.79 Å². The fourth-order valence-corrected chi connectivity index (χ4v) is 1.43. The van der Waals surface area contributed by atoms with Crippen molar-refractivity contribution in [1.29, 1.82) is 0 Å². The normalized spacial score (nSPS) is 10.5. The highest BCUT2D eigenvalue weighted by molar-refractivity contribution is 9.10. The first-order chi connectivity index (χ1) is 7.13. The first kappa shape index (κ1) is 11.5. The third-order valence-electron chi connectivity index (χ3n) is 1.51. The van der Waals surface area contributed by atoms with Crippen LogP contribution in [0.3, 0.4) is 0 Å². The minimum absolute atomic E-state index is 0.397. The molecule has 0 fully saturated rings. The van der Waals surface area contributed by atoms with Crippen molar-refractivity contribution >= 4 is 28.1 Å². The monoisotopic (exact) mass is 273 g/mol. The van der Waals surface area contributed by atoms with Gasteiger partial charge in [-0.1, -0.05) is 5.16 Å². The highest BCUT2D eigenvalue weighted by atomic mass is 79.9. The molecule has 2 N–H and O–H groups in total. The molecule has 0 bridgehead atoms. The molecule has 1 aromatic carbocycles. The molecular weight excluding hydrogens is 266 g/mol. The summed E-state index contributed by atoms with van der Waals surface area (Å²) in [7, 11) is 0. The summed E-state index contributed by atoms with van der Waals surface area (Å²) >= 11 is 3.21. The van der Waals surface area contributed by atoms with E-state index < -0.39 is 12.6 Å². The van der Waals surface area contributed by atoms with Crippen molar-refractivity contribution in [3.05, 3.63) is 28.2 Å². The molecule has 0 unspecified atom stereocenters. The number of aliphatic carboxylic acids is 1. The van der Waals surface area contributed by atoms with Crippen LogP contribution < -0.4 is 4.74 Å². The van der Waals surface area contributed by atoms with Crippen molar-refractivity contribution in [2.45, 2.75) is 0 Å². The Morgan fingerprint density at radius 3 is 2.87 bits per heavy atom. The van der Waals surface area contributed by atoms with Gasteiger partial charge in [-0.15, -0.1) is 0 Å². The molecule has 1 rings (SSSR count). The van der Waals surface area contributed by atoms with Crippen molar-refractivity contribution in [2.24, 2.45) is 5.16 Å². The van der Waals surface area contributed by atoms with Gasteiger partial charge < -0.3 is 15.1 Å². The number of oxime groups is 1. The van der Waals surface area contributed by atoms with Gasteiger partial charge in [0.25, 0.3) is 0 Å². The van der Waals surface area contributed by atoms with Crippen LogP contribution in [0.15, 0.2) is 27.8 Å². The molecule has 0 saturated heterocycles. The number of carbonyl (C=O) groups is 1. The Labute approximate surface area is 94.1 Å². The Hall–Kier alpha value is -1.56. The summed E-state index contributed by atoms with van der Waals surface area (Å²) in [5.74, 6) is -0.615. The van der Waals surface area contributed by atoms with E-state index >= 15 is 0 Å². The van der Waals surface area contributed by atoms with E-state index in [-0.39, 0.29) is 0 Å². The Balaban J connectivity index is 2.78. The van der Waals surface area contributed by atoms with Crippen LogP contribution in [-0.2, 0) is 4.79 Å². The second-order valence-electron chi connectivity index (χ2n) is 2.62. The molecule has 0 amide bonds. The molecule has 80 valence electrons. The van der Waals surface area contributed by atoms with Crippen LogP contribution >= 0.6 is 15.9 Å². The Bertz CT molecular complexity index is 392. The van der Waals surface area contributed by atoms with E-state index in [4.69, 9.17) is 15.1 Å². The van der Waals surface area contributed by atoms with E-state index in [1.54, 1.807) is 18.2 Å². The fourth-order valence-electron chi connectivity index (χ4n) is 0.921. The predicted molar refractivity (Wildman–Crippen MR) is 56.7 cm³/mol. The smallest absolute Gasteiger partial charge is 0.341 e. The maximum atomic E-state index is 10.3. The van der Waals surface area contributed by atoms with Gasteiger partial charge in [0.2, 0.25) is 0 Å². The van der Waals surface area contributed by atoms with Crippen LogP contribution in [-0.4, -0.2) is 29.1 Å². The maximum Gasteiger partial charge on any atom is 0.341 e. The van der Waals surface area contributed by atoms with Gasteiger partial charge in [-0.2, -0.15) is 0 Å². The van der Waals surface area contributed by atoms with Crippen molar-refractivity contribution in [1.82, 2.24) is 0 Å². The minimum Gasteiger partial charge on any atom is -0.481 e. The first-order valence-electron chi connectivity index (χ1n) is 3.95. The molecule has 0 atom stereocenters. The summed E-state index contributed by atoms with van der Waals surface area (Å²) < 4.78 is 5.58. The van der Waals surface area contributed by atoms with Crippen LogP contribution in [0, 0.1) is 0 Å². The van der Waals surface area contributed by atoms with Gasteiger partial charge >= 0.3 is 5.97 Å². The van der Waals surface area contributed by atoms with Crippen molar-refractivity contribution in [3.63, 3.8) is 0 Å². The topological polar surface area (TPSA) is 79.1 Å². The zero-order valence-electron chi connectivity index (χ0n) is 7.55. The molecule has 0 aliphatic rings. The molecule has 0 spiro atoms. The molecule has 15 heavy (non-hydrogen) atoms. The Kier molecular flexibility index (Phi) is 4.11. The zero-order chi connectivity index (χ0) is 11.3. The number of nitrogens with zero attached hydrogens (tertiary/aromatic N) is 1. The van der Waals surface area contributed by atoms with Crippen LogP contribution in [0.2, 0.25) is 0 Å². The number of hydrogen-bond acceptors (Lipinski definition) is 4. The summed E-state index contributed by atoms with van der Waals surface area (Å²) in [6.07, 6.45) is 1.26. The zero-order valence-corrected chi connectivity index (χ0v) is 9.14. The molecule has 0 heterocycles. The van der Waals surface area contributed by atoms with Crippen LogP contribution in [0.1, 0.15) is 5.56 Å². The molecule has 0 aromatic heterocycles. The predicted octanol–water partition coefficient (Wildman–Crippen LogP) is 1.72. The van der Waals surface area contributed by atoms with Gasteiger partial charge in [0.1, 0.15) is 5.75 Å². The summed E-state index contributed by atoms with van der Waals surface area (Å²) in [5.41, 5.74) is 0.673. The van der Waals surface area contributed by atoms with E-state index in [9.17, 15) is 4.79 Å². The first-order valence-corrected chi connectivity index (χ1v) is 4.74. The van der Waals surface area contributed by atoms with E-state index in [2.05, 4.69) is 21.1 Å². The fraction of sp³-hybridized carbons (Fsp3) is 0.111. The number of ether oxygens (including phenoxy) is 1. The average molecular weight is 274 g/mol. The van der Waals surface area contributed by atoms with Gasteiger partial charge in [0.05, 0.1) is 10.7 Å². The second kappa shape index (κ2) is 5.35. The number of rotatable bonds is 4. The Morgan fingerprint density at radius 2 is 2.33 bits per heavy atom. The van der Waals surface area contributed by atoms with E-state index in [1.807, 2.05) is 0 Å². The van der Waals surface area contributed by atoms with Crippen molar-refractivity contribution in [2.75, 3.05) is 6.61 Å². The van der Waals surface area contributed by atoms with Crippen molar-refractivity contribution in [3.8, 4) is 5.75 Å². The van der Waals surface area contributed by atoms with E-state index in [1.165, 1.54) is 6.21 Å². The highest BCUT2D eigenvalue weighted by Gasteiger charge is 2.04. The lowest BCUT2D eigenvalue weighted by Gasteiger charge is -2.05. The molecule has 0 radical (unpaired) electrons. The number of carboxylic acid groups (broad SMARTS) is 1. The Morgan fingerprint density at radius 1 is 1.60 bits per heavy atom. The van der Waals surface area contributed by atoms with E-state index in [0.717, 1.165) is 0 Å². The molecule has 1 aromatic rings. The van der Waals surface area contributed by atoms with Gasteiger partial charge in [-0.3, -0.25) is 0 Å². The van der Waals surface area contributed by atoms with Gasteiger partial charge in [0.15, 0.2) is 6.61 Å². The molecular formula is C9H8BrNO4. The minimum atomic E-state index is -1.04. The average Bonchev–Trinajstić information content (AvgIpc) is 2.17. The number of hydrogen-bond donors (Lipinski definition) is 2. The lowest BCUT2D eigenvalue weighted by atomic mass is 10.2. The molecule has 5 nitrogen and oxygen atoms in total. The second-order valence-corrected chi connectivity index (χ2v) is 3.47. The number of benzene rings is 1. The van der Waals surface area contributed by atoms with Crippen LogP contribution in [0.5, 0.6) is 5.75 Å². The number of halogens is 1. The summed E-state index contributed by atoms with van der Waals surface area (Å²) in [5, 5.41) is 19.6. The molecule has 0 aliphatic carbocycles. The van der Waals surface area contributed by atoms with E-state index in [0.29, 0.717) is 15.8 Å². The van der Waals surface area contributed by atoms with Gasteiger partial charge in [-0.05, 0) is 39.7 Å². The lowest BCUT2D eigenvalue weighted by Crippen LogP contribution is -2.09. The van der Waals surface area contributed by atoms with Crippen LogP contribution in [0.25, 0.3) is 0 Å². The third-order valence-corrected chi connectivity index (χ3v) is 2.13. The van der Waals surface area contributed by atoms with Gasteiger partial charge in [0, 0.05) is 0 Å². The molecule has 0 aliphatic heterocycles. The highest BCUT2D eigenvalue weighted by Crippen LogP contribution is 2.25. The number of carboxylic acids is 1. The summed E-state index contributed by atoms with van der Waals surface area (Å²) in [4.78, 5) is 10.3. The van der Waals surface area contributed by atoms with Crippen molar-refractivity contribution < 1.29 is 19.8 Å².